The maximum absolute atomic E-state index is 11.4. The lowest BCUT2D eigenvalue weighted by molar-refractivity contribution is 0.0957. The topological polar surface area (TPSA) is 70.2 Å². The van der Waals surface area contributed by atoms with Crippen LogP contribution >= 0.6 is 0 Å². The van der Waals surface area contributed by atoms with E-state index < -0.39 is 0 Å². The van der Waals surface area contributed by atoms with Crippen LogP contribution in [0.2, 0.25) is 0 Å². The molecular formula is C12H19N5O. The number of carbonyl (C=O) groups is 1. The average Bonchev–Trinajstić information content (AvgIpc) is 2.46. The molecule has 0 aliphatic carbocycles. The normalized spacial score (nSPS) is 19.7. The van der Waals surface area contributed by atoms with Crippen molar-refractivity contribution in [3.63, 3.8) is 0 Å². The first kappa shape index (κ1) is 12.8. The third-order valence-electron chi connectivity index (χ3n) is 3.26. The van der Waals surface area contributed by atoms with Gasteiger partial charge in [0.15, 0.2) is 11.5 Å². The molecule has 0 saturated carbocycles. The number of piperidine rings is 1. The molecule has 1 amide bonds. The van der Waals surface area contributed by atoms with Crippen LogP contribution in [0.25, 0.3) is 0 Å². The molecule has 1 aliphatic heterocycles. The molecule has 18 heavy (non-hydrogen) atoms. The molecule has 1 atom stereocenters. The van der Waals surface area contributed by atoms with Crippen molar-refractivity contribution in [3.8, 4) is 0 Å². The predicted octanol–water partition coefficient (Wildman–Crippen LogP) is 0.0244. The van der Waals surface area contributed by atoms with E-state index >= 15 is 0 Å². The zero-order valence-corrected chi connectivity index (χ0v) is 10.8. The molecule has 1 aliphatic rings. The molecule has 2 rings (SSSR count). The van der Waals surface area contributed by atoms with Crippen LogP contribution in [0.1, 0.15) is 23.3 Å². The lowest BCUT2D eigenvalue weighted by Crippen LogP contribution is -2.44. The summed E-state index contributed by atoms with van der Waals surface area (Å²) in [7, 11) is 3.56. The number of hydrogen-bond acceptors (Lipinski definition) is 5. The van der Waals surface area contributed by atoms with Crippen LogP contribution in [0.3, 0.4) is 0 Å². The smallest absolute Gasteiger partial charge is 0.271 e. The molecule has 1 unspecified atom stereocenters. The molecule has 0 aromatic carbocycles. The Bertz CT molecular complexity index is 405. The van der Waals surface area contributed by atoms with E-state index in [4.69, 9.17) is 0 Å². The van der Waals surface area contributed by atoms with Gasteiger partial charge in [-0.25, -0.2) is 0 Å². The Morgan fingerprint density at radius 3 is 2.83 bits per heavy atom. The fourth-order valence-electron chi connectivity index (χ4n) is 2.16. The van der Waals surface area contributed by atoms with Gasteiger partial charge in [0.1, 0.15) is 0 Å². The number of likely N-dealkylation sites (N-methyl/N-ethyl adjacent to an activating group) is 1. The monoisotopic (exact) mass is 249 g/mol. The molecule has 1 aromatic heterocycles. The van der Waals surface area contributed by atoms with Crippen LogP contribution in [0, 0.1) is 0 Å². The van der Waals surface area contributed by atoms with E-state index in [1.165, 1.54) is 6.42 Å². The molecule has 6 nitrogen and oxygen atoms in total. The third kappa shape index (κ3) is 2.76. The highest BCUT2D eigenvalue weighted by Crippen LogP contribution is 2.16. The maximum atomic E-state index is 11.4. The van der Waals surface area contributed by atoms with Crippen LogP contribution in [0.5, 0.6) is 0 Å². The summed E-state index contributed by atoms with van der Waals surface area (Å²) in [5.41, 5.74) is 0.350. The fourth-order valence-corrected chi connectivity index (χ4v) is 2.16. The quantitative estimate of drug-likeness (QED) is 0.790. The van der Waals surface area contributed by atoms with E-state index in [9.17, 15) is 4.79 Å². The van der Waals surface area contributed by atoms with Crippen LogP contribution in [-0.4, -0.2) is 49.3 Å². The first-order valence-electron chi connectivity index (χ1n) is 6.22. The molecule has 2 N–H and O–H groups in total. The summed E-state index contributed by atoms with van der Waals surface area (Å²) in [6.07, 6.45) is 2.33. The first-order chi connectivity index (χ1) is 8.74. The molecule has 6 heteroatoms. The van der Waals surface area contributed by atoms with Crippen molar-refractivity contribution < 1.29 is 4.79 Å². The zero-order chi connectivity index (χ0) is 13.0. The first-order valence-corrected chi connectivity index (χ1v) is 6.22. The van der Waals surface area contributed by atoms with E-state index in [1.54, 1.807) is 13.1 Å². The number of amides is 1. The van der Waals surface area contributed by atoms with Gasteiger partial charge in [-0.3, -0.25) is 4.79 Å². The van der Waals surface area contributed by atoms with Crippen LogP contribution in [-0.2, 0) is 0 Å². The Kier molecular flexibility index (Phi) is 4.09. The summed E-state index contributed by atoms with van der Waals surface area (Å²) in [5.74, 6) is 0.628. The highest BCUT2D eigenvalue weighted by molar-refractivity contribution is 5.91. The van der Waals surface area contributed by atoms with Gasteiger partial charge < -0.3 is 15.5 Å². The fraction of sp³-hybridized carbons (Fsp3) is 0.583. The molecule has 98 valence electrons. The van der Waals surface area contributed by atoms with Gasteiger partial charge >= 0.3 is 0 Å². The molecule has 0 radical (unpaired) electrons. The lowest BCUT2D eigenvalue weighted by atomic mass is 10.1. The van der Waals surface area contributed by atoms with E-state index in [-0.39, 0.29) is 5.91 Å². The van der Waals surface area contributed by atoms with Gasteiger partial charge in [-0.05, 0) is 32.0 Å². The number of nitrogens with one attached hydrogen (secondary N) is 2. The standard InChI is InChI=1S/C12H19N5O/c1-13-9-4-3-7-17(8-9)11-6-5-10(15-16-11)12(18)14-2/h5-6,9,13H,3-4,7-8H2,1-2H3,(H,14,18). The van der Waals surface area contributed by atoms with Gasteiger partial charge in [-0.2, -0.15) is 0 Å². The number of anilines is 1. The van der Waals surface area contributed by atoms with Crippen molar-refractivity contribution in [1.29, 1.82) is 0 Å². The zero-order valence-electron chi connectivity index (χ0n) is 10.8. The lowest BCUT2D eigenvalue weighted by Gasteiger charge is -2.33. The number of carbonyl (C=O) groups excluding carboxylic acids is 1. The van der Waals surface area contributed by atoms with Gasteiger partial charge in [-0.15, -0.1) is 10.2 Å². The average molecular weight is 249 g/mol. The molecule has 2 heterocycles. The van der Waals surface area contributed by atoms with Gasteiger partial charge in [-0.1, -0.05) is 0 Å². The Labute approximate surface area is 107 Å². The van der Waals surface area contributed by atoms with Crippen LogP contribution in [0.4, 0.5) is 5.82 Å². The summed E-state index contributed by atoms with van der Waals surface area (Å²) in [6, 6.07) is 4.07. The van der Waals surface area contributed by atoms with Gasteiger partial charge in [0.25, 0.3) is 5.91 Å². The van der Waals surface area contributed by atoms with Gasteiger partial charge in [0.05, 0.1) is 0 Å². The summed E-state index contributed by atoms with van der Waals surface area (Å²) >= 11 is 0. The van der Waals surface area contributed by atoms with Crippen LogP contribution in [0.15, 0.2) is 12.1 Å². The molecule has 1 fully saturated rings. The highest BCUT2D eigenvalue weighted by Gasteiger charge is 2.20. The van der Waals surface area contributed by atoms with Crippen molar-refractivity contribution in [2.75, 3.05) is 32.1 Å². The number of nitrogens with zero attached hydrogens (tertiary/aromatic N) is 3. The van der Waals surface area contributed by atoms with E-state index in [1.807, 2.05) is 13.1 Å². The highest BCUT2D eigenvalue weighted by atomic mass is 16.1. The third-order valence-corrected chi connectivity index (χ3v) is 3.26. The largest absolute Gasteiger partial charge is 0.354 e. The van der Waals surface area contributed by atoms with E-state index in [2.05, 4.69) is 25.7 Å². The minimum absolute atomic E-state index is 0.208. The van der Waals surface area contributed by atoms with Crippen molar-refractivity contribution >= 4 is 11.7 Å². The van der Waals surface area contributed by atoms with Gasteiger partial charge in [0, 0.05) is 26.2 Å². The van der Waals surface area contributed by atoms with Gasteiger partial charge in [0.2, 0.25) is 0 Å². The summed E-state index contributed by atoms with van der Waals surface area (Å²) in [6.45, 7) is 1.93. The SMILES string of the molecule is CNC(=O)c1ccc(N2CCCC(NC)C2)nn1. The van der Waals surface area contributed by atoms with E-state index in [0.717, 1.165) is 25.3 Å². The Balaban J connectivity index is 2.07. The van der Waals surface area contributed by atoms with Crippen molar-refractivity contribution in [3.05, 3.63) is 17.8 Å². The number of hydrogen-bond donors (Lipinski definition) is 2. The summed E-state index contributed by atoms with van der Waals surface area (Å²) in [5, 5.41) is 13.9. The Morgan fingerprint density at radius 2 is 2.22 bits per heavy atom. The second-order valence-corrected chi connectivity index (χ2v) is 4.43. The molecule has 1 aromatic rings. The molecule has 1 saturated heterocycles. The van der Waals surface area contributed by atoms with Crippen molar-refractivity contribution in [2.24, 2.45) is 0 Å². The number of aromatic nitrogens is 2. The second-order valence-electron chi connectivity index (χ2n) is 4.43. The molecular weight excluding hydrogens is 230 g/mol. The molecule has 0 bridgehead atoms. The minimum atomic E-state index is -0.208. The van der Waals surface area contributed by atoms with Crippen molar-refractivity contribution in [1.82, 2.24) is 20.8 Å². The van der Waals surface area contributed by atoms with Crippen molar-refractivity contribution in [2.45, 2.75) is 18.9 Å². The van der Waals surface area contributed by atoms with E-state index in [0.29, 0.717) is 11.7 Å². The summed E-state index contributed by atoms with van der Waals surface area (Å²) < 4.78 is 0. The Morgan fingerprint density at radius 1 is 1.39 bits per heavy atom. The number of rotatable bonds is 3. The minimum Gasteiger partial charge on any atom is -0.354 e. The summed E-state index contributed by atoms with van der Waals surface area (Å²) in [4.78, 5) is 13.6. The second kappa shape index (κ2) is 5.77. The maximum Gasteiger partial charge on any atom is 0.271 e. The van der Waals surface area contributed by atoms with Crippen LogP contribution < -0.4 is 15.5 Å². The molecule has 0 spiro atoms. The Hall–Kier alpha value is -1.69. The predicted molar refractivity (Wildman–Crippen MR) is 69.7 cm³/mol.